The highest BCUT2D eigenvalue weighted by Crippen LogP contribution is 2.55. The average Bonchev–Trinajstić information content (AvgIpc) is 3.18. The number of rotatable bonds is 7. The molecule has 0 N–H and O–H groups in total. The Labute approximate surface area is 226 Å². The minimum Gasteiger partial charge on any atom is -0.466 e. The number of hydrogen-bond donors (Lipinski definition) is 0. The minimum absolute atomic E-state index is 0.0246. The third-order valence-corrected chi connectivity index (χ3v) is 9.56. The van der Waals surface area contributed by atoms with Crippen LogP contribution in [0.25, 0.3) is 5.57 Å². The molecule has 0 amide bonds. The summed E-state index contributed by atoms with van der Waals surface area (Å²) in [5.41, 5.74) is 3.39. The molecule has 8 atom stereocenters. The predicted octanol–water partition coefficient (Wildman–Crippen LogP) is 7.30. The second-order valence-electron chi connectivity index (χ2n) is 11.9. The first-order valence-corrected chi connectivity index (χ1v) is 14.5. The Morgan fingerprint density at radius 1 is 1.18 bits per heavy atom. The van der Waals surface area contributed by atoms with Crippen LogP contribution >= 0.6 is 0 Å². The van der Waals surface area contributed by atoms with Crippen LogP contribution in [0.3, 0.4) is 0 Å². The molecule has 1 saturated heterocycles. The Morgan fingerprint density at radius 2 is 2.03 bits per heavy atom. The van der Waals surface area contributed by atoms with Crippen LogP contribution in [0.2, 0.25) is 0 Å². The zero-order chi connectivity index (χ0) is 26.8. The van der Waals surface area contributed by atoms with E-state index in [0.717, 1.165) is 44.1 Å². The lowest BCUT2D eigenvalue weighted by molar-refractivity contribution is -0.144. The molecule has 1 aromatic rings. The summed E-state index contributed by atoms with van der Waals surface area (Å²) < 4.78 is 24.7. The number of carbonyl (C=O) groups excluding carboxylic acids is 2. The van der Waals surface area contributed by atoms with Crippen LogP contribution in [0.5, 0.6) is 0 Å². The van der Waals surface area contributed by atoms with Crippen molar-refractivity contribution in [2.45, 2.75) is 71.8 Å². The fourth-order valence-electron chi connectivity index (χ4n) is 7.83. The summed E-state index contributed by atoms with van der Waals surface area (Å²) in [5, 5.41) is 0. The molecule has 2 saturated carbocycles. The molecular weight excluding hydrogens is 479 g/mol. The highest BCUT2D eigenvalue weighted by Gasteiger charge is 2.54. The molecule has 5 heteroatoms. The molecule has 3 aliphatic carbocycles. The molecule has 0 aromatic heterocycles. The fraction of sp³-hybridized carbons (Fsp3) is 0.576. The number of fused-ring (bicyclic) bond motifs is 2. The van der Waals surface area contributed by atoms with Gasteiger partial charge in [0.15, 0.2) is 0 Å². The topological polar surface area (TPSA) is 52.6 Å². The summed E-state index contributed by atoms with van der Waals surface area (Å²) in [5.74, 6) is 2.05. The molecule has 4 aliphatic rings. The van der Waals surface area contributed by atoms with Crippen LogP contribution < -0.4 is 0 Å². The number of carbonyl (C=O) groups is 2. The van der Waals surface area contributed by atoms with E-state index in [1.807, 2.05) is 13.0 Å². The first-order chi connectivity index (χ1) is 18.3. The third-order valence-electron chi connectivity index (χ3n) is 9.56. The van der Waals surface area contributed by atoms with Crippen LogP contribution in [0.4, 0.5) is 4.39 Å². The summed E-state index contributed by atoms with van der Waals surface area (Å²) in [4.78, 5) is 24.7. The van der Waals surface area contributed by atoms with Gasteiger partial charge in [-0.3, -0.25) is 9.59 Å². The van der Waals surface area contributed by atoms with Gasteiger partial charge >= 0.3 is 11.9 Å². The first kappa shape index (κ1) is 26.9. The molecule has 1 aromatic carbocycles. The molecule has 5 rings (SSSR count). The third kappa shape index (κ3) is 5.67. The van der Waals surface area contributed by atoms with Crippen molar-refractivity contribution in [2.24, 2.45) is 41.4 Å². The van der Waals surface area contributed by atoms with E-state index in [-0.39, 0.29) is 35.7 Å². The summed E-state index contributed by atoms with van der Waals surface area (Å²) in [6, 6.07) is 6.84. The average molecular weight is 521 g/mol. The van der Waals surface area contributed by atoms with Crippen LogP contribution in [-0.2, 0) is 19.1 Å². The number of esters is 2. The number of halogens is 1. The van der Waals surface area contributed by atoms with Crippen molar-refractivity contribution in [1.29, 1.82) is 0 Å². The maximum atomic E-state index is 13.8. The van der Waals surface area contributed by atoms with E-state index >= 15 is 0 Å². The monoisotopic (exact) mass is 520 g/mol. The quantitative estimate of drug-likeness (QED) is 0.354. The lowest BCUT2D eigenvalue weighted by atomic mass is 9.55. The summed E-state index contributed by atoms with van der Waals surface area (Å²) in [6.45, 7) is 6.54. The van der Waals surface area contributed by atoms with Gasteiger partial charge in [0.05, 0.1) is 12.5 Å². The largest absolute Gasteiger partial charge is 0.466 e. The molecule has 204 valence electrons. The van der Waals surface area contributed by atoms with Crippen molar-refractivity contribution in [3.8, 4) is 0 Å². The fourth-order valence-corrected chi connectivity index (χ4v) is 7.83. The van der Waals surface area contributed by atoms with Gasteiger partial charge in [0, 0.05) is 12.3 Å². The minimum atomic E-state index is -0.204. The number of cyclic esters (lactones) is 1. The second-order valence-corrected chi connectivity index (χ2v) is 11.9. The molecule has 38 heavy (non-hydrogen) atoms. The zero-order valence-electron chi connectivity index (χ0n) is 22.9. The van der Waals surface area contributed by atoms with Gasteiger partial charge in [-0.1, -0.05) is 49.8 Å². The van der Waals surface area contributed by atoms with Crippen LogP contribution in [0.1, 0.15) is 71.3 Å². The van der Waals surface area contributed by atoms with Gasteiger partial charge < -0.3 is 9.47 Å². The number of hydrogen-bond acceptors (Lipinski definition) is 4. The van der Waals surface area contributed by atoms with E-state index in [2.05, 4.69) is 38.2 Å². The Morgan fingerprint density at radius 3 is 2.79 bits per heavy atom. The van der Waals surface area contributed by atoms with Crippen molar-refractivity contribution in [1.82, 2.24) is 0 Å². The van der Waals surface area contributed by atoms with E-state index in [1.54, 1.807) is 12.1 Å². The number of benzene rings is 1. The van der Waals surface area contributed by atoms with Crippen LogP contribution in [-0.4, -0.2) is 24.6 Å². The van der Waals surface area contributed by atoms with Gasteiger partial charge in [0.25, 0.3) is 0 Å². The highest BCUT2D eigenvalue weighted by atomic mass is 19.1. The highest BCUT2D eigenvalue weighted by molar-refractivity contribution is 5.75. The lowest BCUT2D eigenvalue weighted by Crippen LogP contribution is -2.44. The molecule has 1 aliphatic heterocycles. The molecule has 0 spiro atoms. The van der Waals surface area contributed by atoms with Crippen molar-refractivity contribution >= 4 is 17.5 Å². The Balaban J connectivity index is 1.32. The SMILES string of the molecule is CCOC(=O)CC[C@H]1CC[C@H]2[C@H](C1)C[C@H]1C(=O)O[C@@H](C)[C@H]1[C@H]2/C=C/C1=CC=C(c2cccc(F)c2)C(C)C1. The van der Waals surface area contributed by atoms with Crippen molar-refractivity contribution < 1.29 is 23.5 Å². The summed E-state index contributed by atoms with van der Waals surface area (Å²) >= 11 is 0. The van der Waals surface area contributed by atoms with E-state index < -0.39 is 0 Å². The number of ether oxygens (including phenoxy) is 2. The van der Waals surface area contributed by atoms with E-state index in [9.17, 15) is 14.0 Å². The van der Waals surface area contributed by atoms with Crippen molar-refractivity contribution in [3.63, 3.8) is 0 Å². The Hall–Kier alpha value is -2.69. The maximum absolute atomic E-state index is 13.8. The Kier molecular flexibility index (Phi) is 8.20. The Bertz CT molecular complexity index is 1130. The van der Waals surface area contributed by atoms with Crippen LogP contribution in [0, 0.1) is 47.2 Å². The van der Waals surface area contributed by atoms with Gasteiger partial charge in [-0.25, -0.2) is 4.39 Å². The predicted molar refractivity (Wildman–Crippen MR) is 146 cm³/mol. The molecule has 0 radical (unpaired) electrons. The second kappa shape index (κ2) is 11.6. The van der Waals surface area contributed by atoms with Gasteiger partial charge in [0.2, 0.25) is 0 Å². The molecular formula is C33H41FO4. The van der Waals surface area contributed by atoms with Gasteiger partial charge in [-0.2, -0.15) is 0 Å². The first-order valence-electron chi connectivity index (χ1n) is 14.5. The summed E-state index contributed by atoms with van der Waals surface area (Å²) in [7, 11) is 0. The molecule has 1 unspecified atom stereocenters. The van der Waals surface area contributed by atoms with Gasteiger partial charge in [0.1, 0.15) is 11.9 Å². The van der Waals surface area contributed by atoms with Crippen LogP contribution in [0.15, 0.2) is 54.1 Å². The van der Waals surface area contributed by atoms with Crippen molar-refractivity contribution in [3.05, 3.63) is 65.5 Å². The molecule has 4 nitrogen and oxygen atoms in total. The van der Waals surface area contributed by atoms with E-state index in [0.29, 0.717) is 42.6 Å². The van der Waals surface area contributed by atoms with E-state index in [4.69, 9.17) is 9.47 Å². The smallest absolute Gasteiger partial charge is 0.309 e. The van der Waals surface area contributed by atoms with Gasteiger partial charge in [-0.15, -0.1) is 0 Å². The normalized spacial score (nSPS) is 34.7. The standard InChI is InChI=1S/C33H41FO4/c1-4-37-31(35)15-11-23-9-13-28-25(17-23)19-30-32(21(3)38-33(30)36)29(28)14-10-22-8-12-27(20(2)16-22)24-6-5-7-26(34)18-24/h5-8,10,12,14,18,20-21,23,25,28-30,32H,4,9,11,13,15-17,19H2,1-3H3/b14-10+/t20?,21-,23+,25+,28-,29-,30+,32-/m0/s1. The van der Waals surface area contributed by atoms with Gasteiger partial charge in [-0.05, 0) is 104 Å². The lowest BCUT2D eigenvalue weighted by Gasteiger charge is -2.47. The maximum Gasteiger partial charge on any atom is 0.309 e. The summed E-state index contributed by atoms with van der Waals surface area (Å²) in [6.07, 6.45) is 15.4. The molecule has 3 fully saturated rings. The molecule has 0 bridgehead atoms. The zero-order valence-corrected chi connectivity index (χ0v) is 22.9. The van der Waals surface area contributed by atoms with Crippen molar-refractivity contribution in [2.75, 3.05) is 6.61 Å². The van der Waals surface area contributed by atoms with E-state index in [1.165, 1.54) is 17.2 Å². The number of allylic oxidation sites excluding steroid dienone is 6. The molecule has 1 heterocycles.